The van der Waals surface area contributed by atoms with Crippen molar-refractivity contribution >= 4 is 11.3 Å². The van der Waals surface area contributed by atoms with E-state index in [1.807, 2.05) is 11.3 Å². The highest BCUT2D eigenvalue weighted by Gasteiger charge is 2.24. The molecule has 1 aromatic heterocycles. The second-order valence-corrected chi connectivity index (χ2v) is 7.22. The van der Waals surface area contributed by atoms with Gasteiger partial charge < -0.3 is 10.1 Å². The predicted molar refractivity (Wildman–Crippen MR) is 83.0 cm³/mol. The molecule has 0 aliphatic carbocycles. The normalized spacial score (nSPS) is 25.5. The second-order valence-electron chi connectivity index (χ2n) is 5.76. The van der Waals surface area contributed by atoms with Crippen LogP contribution < -0.4 is 5.32 Å². The van der Waals surface area contributed by atoms with E-state index in [0.717, 1.165) is 13.0 Å². The van der Waals surface area contributed by atoms with E-state index in [2.05, 4.69) is 39.1 Å². The van der Waals surface area contributed by atoms with Crippen LogP contribution in [0.2, 0.25) is 0 Å². The van der Waals surface area contributed by atoms with Crippen LogP contribution in [-0.2, 0) is 4.74 Å². The molecule has 1 aliphatic rings. The molecule has 0 amide bonds. The van der Waals surface area contributed by atoms with Crippen molar-refractivity contribution in [2.45, 2.75) is 71.6 Å². The van der Waals surface area contributed by atoms with Gasteiger partial charge >= 0.3 is 0 Å². The minimum atomic E-state index is 0.454. The maximum Gasteiger partial charge on any atom is 0.0589 e. The average molecular weight is 281 g/mol. The van der Waals surface area contributed by atoms with E-state index in [-0.39, 0.29) is 0 Å². The Labute approximate surface area is 121 Å². The number of rotatable bonds is 5. The number of thiophene rings is 1. The van der Waals surface area contributed by atoms with Gasteiger partial charge in [-0.2, -0.15) is 0 Å². The Morgan fingerprint density at radius 1 is 1.47 bits per heavy atom. The molecule has 0 spiro atoms. The van der Waals surface area contributed by atoms with Gasteiger partial charge in [0.15, 0.2) is 0 Å². The van der Waals surface area contributed by atoms with Gasteiger partial charge in [-0.1, -0.05) is 13.3 Å². The van der Waals surface area contributed by atoms with E-state index in [0.29, 0.717) is 18.2 Å². The molecule has 0 aromatic carbocycles. The molecule has 1 saturated heterocycles. The van der Waals surface area contributed by atoms with Crippen LogP contribution in [0.4, 0.5) is 0 Å². The van der Waals surface area contributed by atoms with Crippen molar-refractivity contribution in [3.05, 3.63) is 21.4 Å². The molecule has 3 unspecified atom stereocenters. The average Bonchev–Trinajstić information content (AvgIpc) is 2.69. The smallest absolute Gasteiger partial charge is 0.0589 e. The summed E-state index contributed by atoms with van der Waals surface area (Å²) >= 11 is 1.90. The molecular formula is C16H27NOS. The van der Waals surface area contributed by atoms with E-state index in [1.165, 1.54) is 34.6 Å². The summed E-state index contributed by atoms with van der Waals surface area (Å²) < 4.78 is 5.83. The summed E-state index contributed by atoms with van der Waals surface area (Å²) in [5, 5.41) is 3.80. The fourth-order valence-corrected chi connectivity index (χ4v) is 4.10. The zero-order chi connectivity index (χ0) is 13.8. The third-order valence-electron chi connectivity index (χ3n) is 4.01. The molecule has 19 heavy (non-hydrogen) atoms. The lowest BCUT2D eigenvalue weighted by atomic mass is 9.98. The van der Waals surface area contributed by atoms with Gasteiger partial charge in [0.25, 0.3) is 0 Å². The number of hydrogen-bond donors (Lipinski definition) is 1. The quantitative estimate of drug-likeness (QED) is 0.865. The Morgan fingerprint density at radius 3 is 2.89 bits per heavy atom. The molecule has 3 atom stereocenters. The number of aryl methyl sites for hydroxylation is 2. The van der Waals surface area contributed by atoms with Crippen molar-refractivity contribution < 1.29 is 4.74 Å². The molecular weight excluding hydrogens is 254 g/mol. The van der Waals surface area contributed by atoms with Gasteiger partial charge in [-0.05, 0) is 51.7 Å². The van der Waals surface area contributed by atoms with Crippen LogP contribution in [0.1, 0.15) is 60.9 Å². The SMILES string of the molecule is CCCC1CC(NC(C)c2cc(C)sc2C)CCO1. The molecule has 3 heteroatoms. The minimum absolute atomic E-state index is 0.454. The van der Waals surface area contributed by atoms with Gasteiger partial charge in [-0.25, -0.2) is 0 Å². The van der Waals surface area contributed by atoms with Crippen molar-refractivity contribution in [3.63, 3.8) is 0 Å². The van der Waals surface area contributed by atoms with E-state index in [4.69, 9.17) is 4.74 Å². The molecule has 1 N–H and O–H groups in total. The minimum Gasteiger partial charge on any atom is -0.378 e. The van der Waals surface area contributed by atoms with Crippen molar-refractivity contribution in [2.75, 3.05) is 6.61 Å². The maximum absolute atomic E-state index is 5.83. The molecule has 1 fully saturated rings. The Hall–Kier alpha value is -0.380. The van der Waals surface area contributed by atoms with Gasteiger partial charge in [-0.15, -0.1) is 11.3 Å². The van der Waals surface area contributed by atoms with Crippen molar-refractivity contribution in [3.8, 4) is 0 Å². The first-order valence-electron chi connectivity index (χ1n) is 7.54. The largest absolute Gasteiger partial charge is 0.378 e. The summed E-state index contributed by atoms with van der Waals surface area (Å²) in [4.78, 5) is 2.87. The van der Waals surface area contributed by atoms with Gasteiger partial charge in [0.1, 0.15) is 0 Å². The van der Waals surface area contributed by atoms with E-state index in [1.54, 1.807) is 0 Å². The Morgan fingerprint density at radius 2 is 2.26 bits per heavy atom. The number of hydrogen-bond acceptors (Lipinski definition) is 3. The third-order valence-corrected chi connectivity index (χ3v) is 4.99. The van der Waals surface area contributed by atoms with Crippen LogP contribution in [0.25, 0.3) is 0 Å². The standard InChI is InChI=1S/C16H27NOS/c1-5-6-15-10-14(7-8-18-15)17-12(3)16-9-11(2)19-13(16)4/h9,12,14-15,17H,5-8,10H2,1-4H3. The Kier molecular flexibility index (Phi) is 5.43. The van der Waals surface area contributed by atoms with Crippen LogP contribution in [-0.4, -0.2) is 18.8 Å². The summed E-state index contributed by atoms with van der Waals surface area (Å²) in [5.41, 5.74) is 1.47. The van der Waals surface area contributed by atoms with Crippen LogP contribution in [0.3, 0.4) is 0 Å². The predicted octanol–water partition coefficient (Wildman–Crippen LogP) is 4.36. The molecule has 0 radical (unpaired) electrons. The van der Waals surface area contributed by atoms with Gasteiger partial charge in [-0.3, -0.25) is 0 Å². The zero-order valence-electron chi connectivity index (χ0n) is 12.7. The fourth-order valence-electron chi connectivity index (χ4n) is 3.08. The van der Waals surface area contributed by atoms with Gasteiger partial charge in [0.2, 0.25) is 0 Å². The highest BCUT2D eigenvalue weighted by Crippen LogP contribution is 2.28. The molecule has 2 heterocycles. The van der Waals surface area contributed by atoms with Crippen LogP contribution in [0.5, 0.6) is 0 Å². The lowest BCUT2D eigenvalue weighted by molar-refractivity contribution is -0.00472. The third kappa shape index (κ3) is 4.04. The Balaban J connectivity index is 1.91. The highest BCUT2D eigenvalue weighted by atomic mass is 32.1. The number of ether oxygens (including phenoxy) is 1. The molecule has 1 aliphatic heterocycles. The molecule has 108 valence electrons. The summed E-state index contributed by atoms with van der Waals surface area (Å²) in [5.74, 6) is 0. The zero-order valence-corrected chi connectivity index (χ0v) is 13.5. The molecule has 2 rings (SSSR count). The summed E-state index contributed by atoms with van der Waals surface area (Å²) in [6, 6.07) is 3.40. The van der Waals surface area contributed by atoms with E-state index < -0.39 is 0 Å². The van der Waals surface area contributed by atoms with Crippen molar-refractivity contribution in [2.24, 2.45) is 0 Å². The Bertz CT molecular complexity index is 399. The second kappa shape index (κ2) is 6.87. The monoisotopic (exact) mass is 281 g/mol. The lowest BCUT2D eigenvalue weighted by Crippen LogP contribution is -2.40. The fraction of sp³-hybridized carbons (Fsp3) is 0.750. The first-order chi connectivity index (χ1) is 9.10. The van der Waals surface area contributed by atoms with E-state index in [9.17, 15) is 0 Å². The van der Waals surface area contributed by atoms with Gasteiger partial charge in [0.05, 0.1) is 6.10 Å². The molecule has 0 saturated carbocycles. The van der Waals surface area contributed by atoms with Crippen LogP contribution in [0, 0.1) is 13.8 Å². The van der Waals surface area contributed by atoms with Crippen molar-refractivity contribution in [1.82, 2.24) is 5.32 Å². The summed E-state index contributed by atoms with van der Waals surface area (Å²) in [7, 11) is 0. The lowest BCUT2D eigenvalue weighted by Gasteiger charge is -2.32. The molecule has 1 aromatic rings. The van der Waals surface area contributed by atoms with Crippen molar-refractivity contribution in [1.29, 1.82) is 0 Å². The topological polar surface area (TPSA) is 21.3 Å². The maximum atomic E-state index is 5.83. The molecule has 0 bridgehead atoms. The first-order valence-corrected chi connectivity index (χ1v) is 8.36. The van der Waals surface area contributed by atoms with E-state index >= 15 is 0 Å². The summed E-state index contributed by atoms with van der Waals surface area (Å²) in [6.45, 7) is 9.87. The summed E-state index contributed by atoms with van der Waals surface area (Å²) in [6.07, 6.45) is 5.19. The first kappa shape index (κ1) is 15.0. The highest BCUT2D eigenvalue weighted by molar-refractivity contribution is 7.12. The number of nitrogens with one attached hydrogen (secondary N) is 1. The molecule has 2 nitrogen and oxygen atoms in total. The van der Waals surface area contributed by atoms with Crippen LogP contribution in [0.15, 0.2) is 6.07 Å². The van der Waals surface area contributed by atoms with Gasteiger partial charge in [0, 0.05) is 28.4 Å². The van der Waals surface area contributed by atoms with Crippen LogP contribution >= 0.6 is 11.3 Å².